The lowest BCUT2D eigenvalue weighted by Gasteiger charge is -2.28. The standard InChI is InChI=1S/C15H10Cl2F3N4/c16-10-2-1-3-11(17)14(10)24(12(21)6-7-23-24)13-5-4-9(8-22-13)15(18,19)20/h1-8H,21H2/q+1. The SMILES string of the molecule is NC1=CC=N[N+]1(c1ccc(C(F)(F)F)cn1)c1c(Cl)cccc1Cl. The Kier molecular flexibility index (Phi) is 4.03. The molecule has 2 heterocycles. The fraction of sp³-hybridized carbons (Fsp3) is 0.0667. The highest BCUT2D eigenvalue weighted by Gasteiger charge is 2.45. The van der Waals surface area contributed by atoms with Crippen molar-refractivity contribution < 1.29 is 13.2 Å². The van der Waals surface area contributed by atoms with Gasteiger partial charge in [0.15, 0.2) is 0 Å². The summed E-state index contributed by atoms with van der Waals surface area (Å²) in [5.74, 6) is 0.345. The number of halogens is 5. The number of hydrogen-bond donors (Lipinski definition) is 1. The van der Waals surface area contributed by atoms with Crippen LogP contribution in [0.3, 0.4) is 0 Å². The van der Waals surface area contributed by atoms with E-state index in [1.165, 1.54) is 18.4 Å². The monoisotopic (exact) mass is 373 g/mol. The molecule has 1 unspecified atom stereocenters. The second kappa shape index (κ2) is 5.77. The van der Waals surface area contributed by atoms with Gasteiger partial charge in [0.05, 0.1) is 11.8 Å². The first-order chi connectivity index (χ1) is 11.3. The quantitative estimate of drug-likeness (QED) is 0.765. The van der Waals surface area contributed by atoms with Crippen molar-refractivity contribution in [1.82, 2.24) is 9.58 Å². The molecule has 4 nitrogen and oxygen atoms in total. The molecule has 124 valence electrons. The van der Waals surface area contributed by atoms with Gasteiger partial charge in [0.25, 0.3) is 5.82 Å². The maximum Gasteiger partial charge on any atom is 0.417 e. The van der Waals surface area contributed by atoms with Gasteiger partial charge >= 0.3 is 6.18 Å². The van der Waals surface area contributed by atoms with Crippen molar-refractivity contribution in [1.29, 1.82) is 0 Å². The minimum absolute atomic E-state index is 0.139. The third-order valence-corrected chi connectivity index (χ3v) is 4.14. The molecule has 3 rings (SSSR count). The number of allylic oxidation sites excluding steroid dienone is 1. The van der Waals surface area contributed by atoms with Gasteiger partial charge in [-0.3, -0.25) is 0 Å². The second-order valence-corrected chi connectivity index (χ2v) is 5.78. The smallest absolute Gasteiger partial charge is 0.352 e. The zero-order valence-corrected chi connectivity index (χ0v) is 13.4. The normalized spacial score (nSPS) is 20.3. The van der Waals surface area contributed by atoms with Gasteiger partial charge in [-0.25, -0.2) is 4.98 Å². The molecule has 0 saturated heterocycles. The number of pyridine rings is 1. The van der Waals surface area contributed by atoms with E-state index in [1.54, 1.807) is 18.2 Å². The van der Waals surface area contributed by atoms with Crippen LogP contribution in [0.15, 0.2) is 53.5 Å². The average molecular weight is 374 g/mol. The fourth-order valence-electron chi connectivity index (χ4n) is 2.42. The third kappa shape index (κ3) is 2.54. The first-order valence-corrected chi connectivity index (χ1v) is 7.42. The molecular weight excluding hydrogens is 364 g/mol. The molecule has 9 heteroatoms. The van der Waals surface area contributed by atoms with Gasteiger partial charge in [0.1, 0.15) is 10.0 Å². The Hall–Kier alpha value is -2.09. The number of quaternary nitrogens is 1. The molecule has 0 amide bonds. The molecule has 1 aromatic carbocycles. The second-order valence-electron chi connectivity index (χ2n) is 4.96. The topological polar surface area (TPSA) is 51.3 Å². The van der Waals surface area contributed by atoms with Gasteiger partial charge in [-0.15, -0.1) is 0 Å². The van der Waals surface area contributed by atoms with Gasteiger partial charge < -0.3 is 5.73 Å². The highest BCUT2D eigenvalue weighted by atomic mass is 35.5. The third-order valence-electron chi connectivity index (χ3n) is 3.53. The van der Waals surface area contributed by atoms with Crippen molar-refractivity contribution in [3.8, 4) is 0 Å². The largest absolute Gasteiger partial charge is 0.417 e. The molecule has 0 bridgehead atoms. The highest BCUT2D eigenvalue weighted by Crippen LogP contribution is 2.47. The first kappa shape index (κ1) is 16.8. The summed E-state index contributed by atoms with van der Waals surface area (Å²) in [5, 5.41) is 4.81. The maximum atomic E-state index is 12.8. The van der Waals surface area contributed by atoms with Gasteiger partial charge in [0, 0.05) is 18.3 Å². The van der Waals surface area contributed by atoms with Crippen LogP contribution in [0.2, 0.25) is 10.0 Å². The van der Waals surface area contributed by atoms with E-state index in [0.29, 0.717) is 5.69 Å². The number of nitrogens with two attached hydrogens (primary N) is 1. The van der Waals surface area contributed by atoms with E-state index in [0.717, 1.165) is 12.3 Å². The molecule has 1 atom stereocenters. The van der Waals surface area contributed by atoms with E-state index in [1.807, 2.05) is 0 Å². The number of nitrogens with zero attached hydrogens (tertiary/aromatic N) is 3. The van der Waals surface area contributed by atoms with Crippen LogP contribution in [-0.4, -0.2) is 11.2 Å². The summed E-state index contributed by atoms with van der Waals surface area (Å²) in [5.41, 5.74) is 5.51. The molecule has 1 aliphatic rings. The number of alkyl halides is 3. The molecule has 24 heavy (non-hydrogen) atoms. The summed E-state index contributed by atoms with van der Waals surface area (Å²) in [7, 11) is 0. The van der Waals surface area contributed by atoms with Gasteiger partial charge in [-0.2, -0.15) is 13.2 Å². The van der Waals surface area contributed by atoms with E-state index < -0.39 is 16.3 Å². The van der Waals surface area contributed by atoms with Crippen LogP contribution in [-0.2, 0) is 6.18 Å². The number of hydrogen-bond acceptors (Lipinski definition) is 3. The fourth-order valence-corrected chi connectivity index (χ4v) is 3.06. The number of benzene rings is 1. The Balaban J connectivity index is 2.23. The van der Waals surface area contributed by atoms with Crippen molar-refractivity contribution in [3.63, 3.8) is 0 Å². The summed E-state index contributed by atoms with van der Waals surface area (Å²) in [6.45, 7) is 0. The van der Waals surface area contributed by atoms with Crippen LogP contribution >= 0.6 is 23.2 Å². The minimum atomic E-state index is -4.49. The lowest BCUT2D eigenvalue weighted by atomic mass is 10.2. The zero-order chi connectivity index (χ0) is 17.5. The van der Waals surface area contributed by atoms with Crippen molar-refractivity contribution >= 4 is 40.9 Å². The number of aromatic nitrogens is 1. The Morgan fingerprint density at radius 3 is 2.17 bits per heavy atom. The summed E-state index contributed by atoms with van der Waals surface area (Å²) in [6, 6.07) is 6.94. The van der Waals surface area contributed by atoms with Crippen molar-refractivity contribution in [2.24, 2.45) is 10.8 Å². The van der Waals surface area contributed by atoms with Crippen LogP contribution in [0.25, 0.3) is 0 Å². The highest BCUT2D eigenvalue weighted by molar-refractivity contribution is 6.39. The molecule has 0 radical (unpaired) electrons. The van der Waals surface area contributed by atoms with Crippen LogP contribution in [0.5, 0.6) is 0 Å². The Bertz CT molecular complexity index is 827. The molecule has 0 spiro atoms. The molecule has 2 aromatic rings. The Morgan fingerprint density at radius 2 is 1.71 bits per heavy atom. The molecule has 0 aliphatic carbocycles. The zero-order valence-electron chi connectivity index (χ0n) is 11.9. The van der Waals surface area contributed by atoms with E-state index in [9.17, 15) is 13.2 Å². The van der Waals surface area contributed by atoms with E-state index in [2.05, 4.69) is 10.1 Å². The predicted octanol–water partition coefficient (Wildman–Crippen LogP) is 4.85. The Morgan fingerprint density at radius 1 is 1.04 bits per heavy atom. The molecular formula is C15H10Cl2F3N4+. The molecule has 0 saturated carbocycles. The molecule has 1 aromatic heterocycles. The number of rotatable bonds is 2. The van der Waals surface area contributed by atoms with Crippen molar-refractivity contribution in [3.05, 3.63) is 64.0 Å². The average Bonchev–Trinajstić information content (AvgIpc) is 2.89. The van der Waals surface area contributed by atoms with Crippen molar-refractivity contribution in [2.45, 2.75) is 6.18 Å². The summed E-state index contributed by atoms with van der Waals surface area (Å²) >= 11 is 12.5. The lowest BCUT2D eigenvalue weighted by molar-refractivity contribution is -0.137. The lowest BCUT2D eigenvalue weighted by Crippen LogP contribution is -2.40. The molecule has 1 aliphatic heterocycles. The molecule has 0 fully saturated rings. The minimum Gasteiger partial charge on any atom is -0.352 e. The molecule has 2 N–H and O–H groups in total. The summed E-state index contributed by atoms with van der Waals surface area (Å²) in [6.07, 6.45) is -0.831. The van der Waals surface area contributed by atoms with E-state index >= 15 is 0 Å². The number of para-hydroxylation sites is 1. The summed E-state index contributed by atoms with van der Waals surface area (Å²) < 4.78 is 37.8. The van der Waals surface area contributed by atoms with Crippen LogP contribution in [0.1, 0.15) is 5.56 Å². The van der Waals surface area contributed by atoms with Crippen LogP contribution < -0.4 is 10.3 Å². The van der Waals surface area contributed by atoms with Crippen LogP contribution in [0.4, 0.5) is 24.7 Å². The van der Waals surface area contributed by atoms with Gasteiger partial charge in [0.2, 0.25) is 11.5 Å². The maximum absolute atomic E-state index is 12.8. The van der Waals surface area contributed by atoms with Crippen molar-refractivity contribution in [2.75, 3.05) is 0 Å². The van der Waals surface area contributed by atoms with Gasteiger partial charge in [-0.1, -0.05) is 39.0 Å². The Labute approximate surface area is 145 Å². The first-order valence-electron chi connectivity index (χ1n) is 6.66. The van der Waals surface area contributed by atoms with E-state index in [4.69, 9.17) is 28.9 Å². The van der Waals surface area contributed by atoms with Crippen LogP contribution in [0, 0.1) is 0 Å². The van der Waals surface area contributed by atoms with E-state index in [-0.39, 0.29) is 21.7 Å². The van der Waals surface area contributed by atoms with Gasteiger partial charge in [-0.05, 0) is 18.2 Å². The summed E-state index contributed by atoms with van der Waals surface area (Å²) in [4.78, 5) is 3.91. The predicted molar refractivity (Wildman–Crippen MR) is 87.9 cm³/mol.